The first-order valence-electron chi connectivity index (χ1n) is 10.9. The molecular formula is C23H33N5OS2. The van der Waals surface area contributed by atoms with Crippen LogP contribution in [0.2, 0.25) is 0 Å². The van der Waals surface area contributed by atoms with E-state index in [1.807, 2.05) is 32.0 Å². The van der Waals surface area contributed by atoms with Gasteiger partial charge in [-0.1, -0.05) is 79.6 Å². The molecule has 0 fully saturated rings. The average molecular weight is 460 g/mol. The van der Waals surface area contributed by atoms with Crippen LogP contribution in [0.25, 0.3) is 10.3 Å². The van der Waals surface area contributed by atoms with Crippen molar-refractivity contribution in [1.29, 1.82) is 0 Å². The number of aliphatic hydroxyl groups is 1. The highest BCUT2D eigenvalue weighted by molar-refractivity contribution is 7.98. The van der Waals surface area contributed by atoms with E-state index in [4.69, 9.17) is 15.0 Å². The first-order chi connectivity index (χ1) is 14.9. The van der Waals surface area contributed by atoms with Gasteiger partial charge >= 0.3 is 0 Å². The molecule has 0 bridgehead atoms. The molecule has 2 aromatic heterocycles. The van der Waals surface area contributed by atoms with E-state index in [-0.39, 0.29) is 6.61 Å². The normalized spacial score (nSPS) is 12.8. The number of aromatic nitrogens is 3. The number of hydrogen-bond donors (Lipinski definition) is 3. The number of rotatable bonds is 12. The number of benzene rings is 1. The zero-order valence-electron chi connectivity index (χ0n) is 18.8. The predicted octanol–water partition coefficient (Wildman–Crippen LogP) is 5.94. The summed E-state index contributed by atoms with van der Waals surface area (Å²) in [6.45, 7) is 8.33. The second-order valence-electron chi connectivity index (χ2n) is 8.51. The first kappa shape index (κ1) is 23.8. The summed E-state index contributed by atoms with van der Waals surface area (Å²) in [5.74, 6) is 1.52. The van der Waals surface area contributed by atoms with Crippen LogP contribution < -0.4 is 10.6 Å². The molecule has 0 aliphatic heterocycles. The van der Waals surface area contributed by atoms with Gasteiger partial charge in [0.1, 0.15) is 4.70 Å². The van der Waals surface area contributed by atoms with Crippen molar-refractivity contribution in [2.75, 3.05) is 17.2 Å². The Hall–Kier alpha value is -1.90. The highest BCUT2D eigenvalue weighted by atomic mass is 32.2. The molecule has 1 unspecified atom stereocenters. The van der Waals surface area contributed by atoms with Gasteiger partial charge < -0.3 is 15.7 Å². The minimum absolute atomic E-state index is 0.00333. The highest BCUT2D eigenvalue weighted by Gasteiger charge is 2.21. The number of unbranched alkanes of at least 4 members (excludes halogenated alkanes) is 2. The lowest BCUT2D eigenvalue weighted by molar-refractivity contribution is 0.234. The predicted molar refractivity (Wildman–Crippen MR) is 133 cm³/mol. The molecule has 3 aromatic rings. The zero-order valence-corrected chi connectivity index (χ0v) is 20.4. The molecule has 1 aromatic carbocycles. The fourth-order valence-electron chi connectivity index (χ4n) is 3.08. The van der Waals surface area contributed by atoms with Gasteiger partial charge in [-0.25, -0.2) is 9.97 Å². The van der Waals surface area contributed by atoms with Crippen LogP contribution in [0.5, 0.6) is 0 Å². The topological polar surface area (TPSA) is 83.0 Å². The van der Waals surface area contributed by atoms with Crippen LogP contribution >= 0.6 is 23.1 Å². The Morgan fingerprint density at radius 2 is 1.90 bits per heavy atom. The average Bonchev–Trinajstić information content (AvgIpc) is 3.15. The summed E-state index contributed by atoms with van der Waals surface area (Å²) >= 11 is 3.16. The van der Waals surface area contributed by atoms with Gasteiger partial charge in [-0.2, -0.15) is 4.98 Å². The zero-order chi connectivity index (χ0) is 22.3. The minimum Gasteiger partial charge on any atom is -0.394 e. The van der Waals surface area contributed by atoms with Crippen LogP contribution in [0.3, 0.4) is 0 Å². The summed E-state index contributed by atoms with van der Waals surface area (Å²) in [7, 11) is 0. The number of anilines is 2. The summed E-state index contributed by atoms with van der Waals surface area (Å²) in [4.78, 5) is 14.2. The van der Waals surface area contributed by atoms with Crippen LogP contribution in [-0.2, 0) is 5.75 Å². The molecule has 0 amide bonds. The maximum Gasteiger partial charge on any atom is 0.191 e. The molecule has 31 heavy (non-hydrogen) atoms. The molecule has 2 heterocycles. The second-order valence-corrected chi connectivity index (χ2v) is 10.5. The third-order valence-electron chi connectivity index (χ3n) is 4.91. The number of nitrogens with one attached hydrogen (secondary N) is 2. The third kappa shape index (κ3) is 7.05. The van der Waals surface area contributed by atoms with Crippen molar-refractivity contribution in [1.82, 2.24) is 15.0 Å². The quantitative estimate of drug-likeness (QED) is 0.175. The Labute approximate surface area is 193 Å². The van der Waals surface area contributed by atoms with Crippen LogP contribution in [0, 0.1) is 0 Å². The Morgan fingerprint density at radius 3 is 2.61 bits per heavy atom. The molecule has 1 atom stereocenters. The van der Waals surface area contributed by atoms with E-state index >= 15 is 0 Å². The van der Waals surface area contributed by atoms with Gasteiger partial charge in [0.15, 0.2) is 21.8 Å². The highest BCUT2D eigenvalue weighted by Crippen LogP contribution is 2.34. The SMILES string of the molecule is CCCCCC(C)Nc1nc2nc(SCc3ccccc3)nc(NC(C)(C)CO)c2s1. The Bertz CT molecular complexity index is 961. The third-order valence-corrected chi connectivity index (χ3v) is 6.81. The van der Waals surface area contributed by atoms with E-state index in [1.54, 1.807) is 23.1 Å². The van der Waals surface area contributed by atoms with Crippen molar-refractivity contribution in [3.05, 3.63) is 35.9 Å². The molecule has 168 valence electrons. The van der Waals surface area contributed by atoms with Gasteiger partial charge in [0.25, 0.3) is 0 Å². The fourth-order valence-corrected chi connectivity index (χ4v) is 4.84. The Morgan fingerprint density at radius 1 is 1.13 bits per heavy atom. The van der Waals surface area contributed by atoms with Crippen molar-refractivity contribution in [2.45, 2.75) is 75.9 Å². The van der Waals surface area contributed by atoms with Crippen LogP contribution in [-0.4, -0.2) is 38.2 Å². The Kier molecular flexibility index (Phi) is 8.51. The number of hydrogen-bond acceptors (Lipinski definition) is 8. The lowest BCUT2D eigenvalue weighted by Gasteiger charge is -2.24. The molecule has 0 aliphatic carbocycles. The van der Waals surface area contributed by atoms with Crippen molar-refractivity contribution in [3.63, 3.8) is 0 Å². The molecule has 3 rings (SSSR count). The minimum atomic E-state index is -0.492. The molecule has 8 heteroatoms. The van der Waals surface area contributed by atoms with Crippen LogP contribution in [0.15, 0.2) is 35.5 Å². The fraction of sp³-hybridized carbons (Fsp3) is 0.522. The van der Waals surface area contributed by atoms with Gasteiger partial charge in [-0.3, -0.25) is 0 Å². The molecule has 0 radical (unpaired) electrons. The summed E-state index contributed by atoms with van der Waals surface area (Å²) in [5, 5.41) is 18.2. The van der Waals surface area contributed by atoms with Crippen molar-refractivity contribution in [3.8, 4) is 0 Å². The van der Waals surface area contributed by atoms with Gasteiger partial charge in [0.05, 0.1) is 12.1 Å². The summed E-state index contributed by atoms with van der Waals surface area (Å²) in [6.07, 6.45) is 4.82. The van der Waals surface area contributed by atoms with E-state index in [2.05, 4.69) is 36.6 Å². The summed E-state index contributed by atoms with van der Waals surface area (Å²) in [6, 6.07) is 10.7. The monoisotopic (exact) mass is 459 g/mol. The standard InChI is InChI=1S/C23H33N5OS2/c1-5-6-8-11-16(2)24-22-26-19-18(31-22)20(28-23(3,4)15-29)27-21(25-19)30-14-17-12-9-7-10-13-17/h7,9-10,12-13,16,29H,5-6,8,11,14-15H2,1-4H3,(H2,24,25,26,27,28). The summed E-state index contributed by atoms with van der Waals surface area (Å²) < 4.78 is 0.911. The van der Waals surface area contributed by atoms with Gasteiger partial charge in [-0.05, 0) is 32.8 Å². The largest absolute Gasteiger partial charge is 0.394 e. The molecule has 0 saturated carbocycles. The van der Waals surface area contributed by atoms with Gasteiger partial charge in [0, 0.05) is 11.8 Å². The number of fused-ring (bicyclic) bond motifs is 1. The number of thioether (sulfide) groups is 1. The second kappa shape index (κ2) is 11.1. The van der Waals surface area contributed by atoms with Crippen molar-refractivity contribution >= 4 is 44.4 Å². The maximum absolute atomic E-state index is 9.74. The van der Waals surface area contributed by atoms with E-state index < -0.39 is 5.54 Å². The molecule has 0 spiro atoms. The van der Waals surface area contributed by atoms with Crippen LogP contribution in [0.4, 0.5) is 10.9 Å². The number of aliphatic hydroxyl groups excluding tert-OH is 1. The maximum atomic E-state index is 9.74. The van der Waals surface area contributed by atoms with Crippen molar-refractivity contribution in [2.24, 2.45) is 0 Å². The van der Waals surface area contributed by atoms with E-state index in [0.717, 1.165) is 27.8 Å². The molecule has 0 aliphatic rings. The smallest absolute Gasteiger partial charge is 0.191 e. The van der Waals surface area contributed by atoms with Gasteiger partial charge in [0.2, 0.25) is 0 Å². The lowest BCUT2D eigenvalue weighted by Crippen LogP contribution is -2.35. The van der Waals surface area contributed by atoms with E-state index in [9.17, 15) is 5.11 Å². The molecule has 0 saturated heterocycles. The van der Waals surface area contributed by atoms with Gasteiger partial charge in [-0.15, -0.1) is 0 Å². The number of thiazole rings is 1. The van der Waals surface area contributed by atoms with E-state index in [0.29, 0.717) is 16.8 Å². The first-order valence-corrected chi connectivity index (χ1v) is 12.7. The number of nitrogens with zero attached hydrogens (tertiary/aromatic N) is 3. The van der Waals surface area contributed by atoms with Crippen LogP contribution in [0.1, 0.15) is 58.9 Å². The molecular weight excluding hydrogens is 426 g/mol. The molecule has 3 N–H and O–H groups in total. The van der Waals surface area contributed by atoms with E-state index in [1.165, 1.54) is 24.8 Å². The lowest BCUT2D eigenvalue weighted by atomic mass is 10.1. The Balaban J connectivity index is 1.84. The molecule has 6 nitrogen and oxygen atoms in total. The summed E-state index contributed by atoms with van der Waals surface area (Å²) in [5.41, 5.74) is 1.42. The van der Waals surface area contributed by atoms with Crippen molar-refractivity contribution < 1.29 is 5.11 Å².